The number of hydrogen-bond donors (Lipinski definition) is 5. The van der Waals surface area contributed by atoms with Crippen molar-refractivity contribution in [2.24, 2.45) is 17.4 Å². The van der Waals surface area contributed by atoms with Crippen LogP contribution in [0.1, 0.15) is 19.4 Å². The molecular weight excluding hydrogens is 357 g/mol. The summed E-state index contributed by atoms with van der Waals surface area (Å²) in [5.41, 5.74) is 14.8. The fraction of sp³-hybridized carbons (Fsp3) is 0.250. The summed E-state index contributed by atoms with van der Waals surface area (Å²) >= 11 is 0. The first kappa shape index (κ1) is 20.9. The van der Waals surface area contributed by atoms with E-state index in [1.165, 1.54) is 6.20 Å². The van der Waals surface area contributed by atoms with Crippen LogP contribution in [0, 0.1) is 11.3 Å². The number of pyridine rings is 2. The Balaban J connectivity index is 2.37. The summed E-state index contributed by atoms with van der Waals surface area (Å²) in [7, 11) is 1.69. The van der Waals surface area contributed by atoms with E-state index in [1.54, 1.807) is 37.7 Å². The average Bonchev–Trinajstić information content (AvgIpc) is 2.68. The molecule has 0 fully saturated rings. The van der Waals surface area contributed by atoms with Gasteiger partial charge in [-0.25, -0.2) is 9.37 Å². The second kappa shape index (κ2) is 9.50. The Morgan fingerprint density at radius 1 is 1.32 bits per heavy atom. The van der Waals surface area contributed by atoms with E-state index in [0.717, 1.165) is 5.57 Å². The first-order chi connectivity index (χ1) is 13.4. The van der Waals surface area contributed by atoms with Gasteiger partial charge in [0.15, 0.2) is 0 Å². The van der Waals surface area contributed by atoms with Crippen molar-refractivity contribution in [2.75, 3.05) is 19.0 Å². The Kier molecular flexibility index (Phi) is 7.08. The molecular formula is C20H26FN7. The fourth-order valence-electron chi connectivity index (χ4n) is 2.56. The van der Waals surface area contributed by atoms with E-state index in [-0.39, 0.29) is 11.6 Å². The summed E-state index contributed by atoms with van der Waals surface area (Å²) in [6.45, 7) is 3.18. The Labute approximate surface area is 163 Å². The molecule has 8 heteroatoms. The highest BCUT2D eigenvalue weighted by Gasteiger charge is 2.11. The lowest BCUT2D eigenvalue weighted by molar-refractivity contribution is 0.582. The lowest BCUT2D eigenvalue weighted by Gasteiger charge is -2.11. The van der Waals surface area contributed by atoms with Crippen LogP contribution < -0.4 is 22.1 Å². The fourth-order valence-corrected chi connectivity index (χ4v) is 2.56. The maximum atomic E-state index is 13.0. The summed E-state index contributed by atoms with van der Waals surface area (Å²) < 4.78 is 13.0. The van der Waals surface area contributed by atoms with Gasteiger partial charge in [-0.15, -0.1) is 0 Å². The minimum absolute atomic E-state index is 0.133. The largest absolute Gasteiger partial charge is 0.404 e. The van der Waals surface area contributed by atoms with Crippen molar-refractivity contribution in [3.8, 4) is 0 Å². The number of aromatic nitrogens is 2. The molecule has 2 heterocycles. The lowest BCUT2D eigenvalue weighted by Crippen LogP contribution is -2.12. The first-order valence-electron chi connectivity index (χ1n) is 8.84. The molecule has 0 saturated carbocycles. The highest BCUT2D eigenvalue weighted by atomic mass is 19.1. The van der Waals surface area contributed by atoms with Crippen LogP contribution in [-0.2, 0) is 0 Å². The average molecular weight is 383 g/mol. The molecule has 28 heavy (non-hydrogen) atoms. The summed E-state index contributed by atoms with van der Waals surface area (Å²) in [4.78, 5) is 8.88. The van der Waals surface area contributed by atoms with Gasteiger partial charge in [0, 0.05) is 30.6 Å². The summed E-state index contributed by atoms with van der Waals surface area (Å²) in [6.07, 6.45) is 6.46. The molecule has 148 valence electrons. The SMILES string of the molecule is CN/C=C(\C(=N)CF)c1cnc2ccc(N/C(N)=C/C(=C\N)C(C)C)nc2c1. The van der Waals surface area contributed by atoms with Gasteiger partial charge in [-0.2, -0.15) is 0 Å². The first-order valence-corrected chi connectivity index (χ1v) is 8.84. The molecule has 0 bridgehead atoms. The Morgan fingerprint density at radius 3 is 2.68 bits per heavy atom. The summed E-state index contributed by atoms with van der Waals surface area (Å²) in [5.74, 6) is 1.20. The van der Waals surface area contributed by atoms with Crippen LogP contribution in [0.3, 0.4) is 0 Å². The van der Waals surface area contributed by atoms with E-state index in [4.69, 9.17) is 16.9 Å². The van der Waals surface area contributed by atoms with Crippen molar-refractivity contribution in [3.05, 3.63) is 59.8 Å². The maximum Gasteiger partial charge on any atom is 0.132 e. The number of nitrogens with one attached hydrogen (secondary N) is 3. The quantitative estimate of drug-likeness (QED) is 0.352. The number of hydrogen-bond acceptors (Lipinski definition) is 7. The lowest BCUT2D eigenvalue weighted by atomic mass is 10.0. The van der Waals surface area contributed by atoms with Crippen molar-refractivity contribution in [2.45, 2.75) is 13.8 Å². The predicted octanol–water partition coefficient (Wildman–Crippen LogP) is 2.89. The van der Waals surface area contributed by atoms with E-state index in [2.05, 4.69) is 20.6 Å². The molecule has 0 aromatic carbocycles. The third-order valence-electron chi connectivity index (χ3n) is 4.05. The monoisotopic (exact) mass is 383 g/mol. The Bertz CT molecular complexity index is 945. The molecule has 7 N–H and O–H groups in total. The smallest absolute Gasteiger partial charge is 0.132 e. The van der Waals surface area contributed by atoms with Crippen LogP contribution in [0.15, 0.2) is 54.3 Å². The minimum atomic E-state index is -0.866. The van der Waals surface area contributed by atoms with Crippen molar-refractivity contribution < 1.29 is 4.39 Å². The van der Waals surface area contributed by atoms with Crippen LogP contribution in [0.4, 0.5) is 10.2 Å². The zero-order chi connectivity index (χ0) is 20.7. The van der Waals surface area contributed by atoms with Gasteiger partial charge < -0.3 is 27.5 Å². The van der Waals surface area contributed by atoms with Crippen LogP contribution in [0.25, 0.3) is 16.6 Å². The van der Waals surface area contributed by atoms with Gasteiger partial charge in [0.1, 0.15) is 18.3 Å². The normalized spacial score (nSPS) is 13.1. The number of alkyl halides is 1. The van der Waals surface area contributed by atoms with Crippen molar-refractivity contribution in [1.29, 1.82) is 5.41 Å². The van der Waals surface area contributed by atoms with E-state index >= 15 is 0 Å². The zero-order valence-corrected chi connectivity index (χ0v) is 16.3. The van der Waals surface area contributed by atoms with Gasteiger partial charge in [0.05, 0.1) is 16.7 Å². The molecule has 0 aliphatic carbocycles. The third-order valence-corrected chi connectivity index (χ3v) is 4.05. The number of rotatable bonds is 8. The third kappa shape index (κ3) is 5.06. The number of fused-ring (bicyclic) bond motifs is 1. The van der Waals surface area contributed by atoms with E-state index in [1.807, 2.05) is 19.9 Å². The second-order valence-corrected chi connectivity index (χ2v) is 6.46. The van der Waals surface area contributed by atoms with Crippen molar-refractivity contribution in [3.63, 3.8) is 0 Å². The standard InChI is InChI=1S/C20H26FN7/c1-12(2)13(9-22)7-19(24)28-20-5-4-17-18(27-20)6-14(10-26-17)15(11-25-3)16(23)8-21/h4-7,9-12,23,25H,8,22,24H2,1-3H3,(H,27,28)/b13-9+,15-11-,19-7+,23-16?. The molecule has 2 aromatic rings. The highest BCUT2D eigenvalue weighted by Crippen LogP contribution is 2.21. The molecule has 0 saturated heterocycles. The van der Waals surface area contributed by atoms with Crippen LogP contribution in [0.5, 0.6) is 0 Å². The maximum absolute atomic E-state index is 13.0. The predicted molar refractivity (Wildman–Crippen MR) is 113 cm³/mol. The van der Waals surface area contributed by atoms with Gasteiger partial charge in [-0.05, 0) is 42.0 Å². The van der Waals surface area contributed by atoms with E-state index < -0.39 is 6.67 Å². The Hall–Kier alpha value is -3.42. The number of nitrogens with zero attached hydrogens (tertiary/aromatic N) is 2. The van der Waals surface area contributed by atoms with Crippen LogP contribution in [-0.4, -0.2) is 29.4 Å². The summed E-state index contributed by atoms with van der Waals surface area (Å²) in [5, 5.41) is 13.7. The van der Waals surface area contributed by atoms with Gasteiger partial charge in [0.2, 0.25) is 0 Å². The molecule has 0 unspecified atom stereocenters. The van der Waals surface area contributed by atoms with Gasteiger partial charge in [-0.1, -0.05) is 13.8 Å². The van der Waals surface area contributed by atoms with Gasteiger partial charge >= 0.3 is 0 Å². The molecule has 0 radical (unpaired) electrons. The van der Waals surface area contributed by atoms with E-state index in [9.17, 15) is 4.39 Å². The molecule has 0 amide bonds. The van der Waals surface area contributed by atoms with Crippen molar-refractivity contribution in [1.82, 2.24) is 15.3 Å². The Morgan fingerprint density at radius 2 is 2.07 bits per heavy atom. The van der Waals surface area contributed by atoms with E-state index in [0.29, 0.717) is 33.8 Å². The molecule has 0 aliphatic rings. The number of allylic oxidation sites excluding steroid dienone is 3. The molecule has 0 atom stereocenters. The topological polar surface area (TPSA) is 126 Å². The van der Waals surface area contributed by atoms with Gasteiger partial charge in [-0.3, -0.25) is 4.98 Å². The molecule has 0 spiro atoms. The van der Waals surface area contributed by atoms with Crippen LogP contribution in [0.2, 0.25) is 0 Å². The second-order valence-electron chi connectivity index (χ2n) is 6.46. The molecule has 7 nitrogen and oxygen atoms in total. The number of nitrogens with two attached hydrogens (primary N) is 2. The van der Waals surface area contributed by atoms with Gasteiger partial charge in [0.25, 0.3) is 0 Å². The zero-order valence-electron chi connectivity index (χ0n) is 16.3. The molecule has 0 aliphatic heterocycles. The minimum Gasteiger partial charge on any atom is -0.404 e. The number of anilines is 1. The van der Waals surface area contributed by atoms with Crippen LogP contribution >= 0.6 is 0 Å². The molecule has 2 rings (SSSR count). The number of halogens is 1. The molecule has 2 aromatic heterocycles. The van der Waals surface area contributed by atoms with Crippen molar-refractivity contribution >= 4 is 28.1 Å². The highest BCUT2D eigenvalue weighted by molar-refractivity contribution is 6.23. The summed E-state index contributed by atoms with van der Waals surface area (Å²) in [6, 6.07) is 5.34.